The molecule has 0 unspecified atom stereocenters. The number of nitrogens with zero attached hydrogens (tertiary/aromatic N) is 1. The van der Waals surface area contributed by atoms with Crippen LogP contribution in [0.4, 0.5) is 0 Å². The zero-order valence-electron chi connectivity index (χ0n) is 13.6. The number of rotatable bonds is 6. The van der Waals surface area contributed by atoms with Gasteiger partial charge in [0.15, 0.2) is 5.76 Å². The number of carbonyl (C=O) groups is 1. The zero-order valence-corrected chi connectivity index (χ0v) is 13.6. The Bertz CT molecular complexity index is 709. The van der Waals surface area contributed by atoms with Gasteiger partial charge in [-0.05, 0) is 36.5 Å². The van der Waals surface area contributed by atoms with Crippen LogP contribution in [0.3, 0.4) is 0 Å². The number of carbonyl (C=O) groups excluding carboxylic acids is 1. The van der Waals surface area contributed by atoms with Gasteiger partial charge in [-0.2, -0.15) is 0 Å². The third-order valence-corrected chi connectivity index (χ3v) is 4.24. The first kappa shape index (κ1) is 16.3. The molecular formula is C17H20N2O5. The average molecular weight is 332 g/mol. The number of furan rings is 1. The third kappa shape index (κ3) is 3.35. The van der Waals surface area contributed by atoms with Crippen molar-refractivity contribution in [3.05, 3.63) is 41.9 Å². The Hall–Kier alpha value is -2.54. The first-order valence-electron chi connectivity index (χ1n) is 7.72. The normalized spacial score (nSPS) is 20.8. The maximum Gasteiger partial charge on any atom is 0.287 e. The Kier molecular flexibility index (Phi) is 4.71. The minimum atomic E-state index is -0.340. The van der Waals surface area contributed by atoms with Crippen LogP contribution in [0, 0.1) is 5.92 Å². The van der Waals surface area contributed by atoms with Crippen molar-refractivity contribution in [2.45, 2.75) is 25.0 Å². The molecular weight excluding hydrogens is 312 g/mol. The smallest absolute Gasteiger partial charge is 0.287 e. The van der Waals surface area contributed by atoms with Crippen LogP contribution < -0.4 is 14.8 Å². The molecule has 0 aliphatic heterocycles. The van der Waals surface area contributed by atoms with E-state index in [0.717, 1.165) is 5.56 Å². The van der Waals surface area contributed by atoms with Gasteiger partial charge in [-0.3, -0.25) is 9.78 Å². The SMILES string of the molecule is COc1cncc([C@@H](NC(=O)c2ccc(OC)o2)C2CC(O)C2)c1. The summed E-state index contributed by atoms with van der Waals surface area (Å²) in [6.07, 6.45) is 4.24. The molecule has 3 rings (SSSR count). The van der Waals surface area contributed by atoms with Crippen LogP contribution in [-0.4, -0.2) is 36.3 Å². The van der Waals surface area contributed by atoms with E-state index in [9.17, 15) is 9.90 Å². The third-order valence-electron chi connectivity index (χ3n) is 4.24. The van der Waals surface area contributed by atoms with Crippen LogP contribution in [0.25, 0.3) is 0 Å². The summed E-state index contributed by atoms with van der Waals surface area (Å²) in [5.74, 6) is 0.861. The van der Waals surface area contributed by atoms with E-state index in [1.807, 2.05) is 6.07 Å². The molecule has 2 aromatic heterocycles. The molecule has 0 spiro atoms. The van der Waals surface area contributed by atoms with E-state index in [-0.39, 0.29) is 35.7 Å². The van der Waals surface area contributed by atoms with Crippen molar-refractivity contribution in [1.82, 2.24) is 10.3 Å². The molecule has 1 amide bonds. The van der Waals surface area contributed by atoms with Crippen molar-refractivity contribution in [3.63, 3.8) is 0 Å². The van der Waals surface area contributed by atoms with Crippen LogP contribution in [0.15, 0.2) is 35.0 Å². The quantitative estimate of drug-likeness (QED) is 0.839. The molecule has 2 heterocycles. The predicted molar refractivity (Wildman–Crippen MR) is 85.0 cm³/mol. The maximum absolute atomic E-state index is 12.5. The van der Waals surface area contributed by atoms with Gasteiger partial charge in [0, 0.05) is 12.3 Å². The number of ether oxygens (including phenoxy) is 2. The molecule has 1 aliphatic rings. The number of methoxy groups -OCH3 is 2. The Morgan fingerprint density at radius 3 is 2.75 bits per heavy atom. The first-order chi connectivity index (χ1) is 11.6. The molecule has 1 saturated carbocycles. The molecule has 1 aliphatic carbocycles. The number of pyridine rings is 1. The van der Waals surface area contributed by atoms with Gasteiger partial charge in [-0.15, -0.1) is 0 Å². The number of nitrogens with one attached hydrogen (secondary N) is 1. The van der Waals surface area contributed by atoms with E-state index in [2.05, 4.69) is 10.3 Å². The van der Waals surface area contributed by atoms with Crippen LogP contribution in [0.2, 0.25) is 0 Å². The molecule has 7 nitrogen and oxygen atoms in total. The van der Waals surface area contributed by atoms with Crippen molar-refractivity contribution in [3.8, 4) is 11.7 Å². The lowest BCUT2D eigenvalue weighted by atomic mass is 9.75. The van der Waals surface area contributed by atoms with Crippen LogP contribution in [-0.2, 0) is 0 Å². The highest BCUT2D eigenvalue weighted by Gasteiger charge is 2.36. The summed E-state index contributed by atoms with van der Waals surface area (Å²) in [5, 5.41) is 12.6. The molecule has 1 fully saturated rings. The molecule has 1 atom stereocenters. The fourth-order valence-electron chi connectivity index (χ4n) is 2.86. The van der Waals surface area contributed by atoms with E-state index in [0.29, 0.717) is 18.6 Å². The van der Waals surface area contributed by atoms with E-state index in [1.54, 1.807) is 31.6 Å². The second kappa shape index (κ2) is 6.92. The van der Waals surface area contributed by atoms with Crippen molar-refractivity contribution in [2.24, 2.45) is 5.92 Å². The molecule has 128 valence electrons. The summed E-state index contributed by atoms with van der Waals surface area (Å²) >= 11 is 0. The van der Waals surface area contributed by atoms with Gasteiger partial charge in [0.25, 0.3) is 11.9 Å². The van der Waals surface area contributed by atoms with E-state index in [1.165, 1.54) is 7.11 Å². The van der Waals surface area contributed by atoms with E-state index < -0.39 is 0 Å². The lowest BCUT2D eigenvalue weighted by molar-refractivity contribution is 0.0231. The topological polar surface area (TPSA) is 93.8 Å². The van der Waals surface area contributed by atoms with Crippen LogP contribution >= 0.6 is 0 Å². The maximum atomic E-state index is 12.5. The Morgan fingerprint density at radius 2 is 2.12 bits per heavy atom. The number of hydrogen-bond donors (Lipinski definition) is 2. The van der Waals surface area contributed by atoms with Crippen LogP contribution in [0.5, 0.6) is 11.7 Å². The fourth-order valence-corrected chi connectivity index (χ4v) is 2.86. The summed E-state index contributed by atoms with van der Waals surface area (Å²) in [6.45, 7) is 0. The summed E-state index contributed by atoms with van der Waals surface area (Å²) < 4.78 is 15.5. The van der Waals surface area contributed by atoms with Gasteiger partial charge in [0.05, 0.1) is 32.6 Å². The van der Waals surface area contributed by atoms with E-state index >= 15 is 0 Å². The summed E-state index contributed by atoms with van der Waals surface area (Å²) in [6, 6.07) is 4.71. The number of amides is 1. The second-order valence-electron chi connectivity index (χ2n) is 5.82. The highest BCUT2D eigenvalue weighted by atomic mass is 16.6. The van der Waals surface area contributed by atoms with Gasteiger partial charge < -0.3 is 24.3 Å². The summed E-state index contributed by atoms with van der Waals surface area (Å²) in [7, 11) is 3.04. The Labute approximate surface area is 139 Å². The van der Waals surface area contributed by atoms with Crippen molar-refractivity contribution in [1.29, 1.82) is 0 Å². The minimum absolute atomic E-state index is 0.134. The molecule has 24 heavy (non-hydrogen) atoms. The van der Waals surface area contributed by atoms with Crippen LogP contribution in [0.1, 0.15) is 35.0 Å². The van der Waals surface area contributed by atoms with Gasteiger partial charge in [-0.1, -0.05) is 0 Å². The summed E-state index contributed by atoms with van der Waals surface area (Å²) in [4.78, 5) is 16.6. The highest BCUT2D eigenvalue weighted by molar-refractivity contribution is 5.91. The second-order valence-corrected chi connectivity index (χ2v) is 5.82. The van der Waals surface area contributed by atoms with Crippen molar-refractivity contribution in [2.75, 3.05) is 14.2 Å². The van der Waals surface area contributed by atoms with Crippen molar-refractivity contribution < 1.29 is 23.8 Å². The molecule has 2 aromatic rings. The van der Waals surface area contributed by atoms with E-state index in [4.69, 9.17) is 13.9 Å². The zero-order chi connectivity index (χ0) is 17.1. The fraction of sp³-hybridized carbons (Fsp3) is 0.412. The number of hydrogen-bond acceptors (Lipinski definition) is 6. The van der Waals surface area contributed by atoms with Gasteiger partial charge in [-0.25, -0.2) is 0 Å². The number of aliphatic hydroxyl groups is 1. The Balaban J connectivity index is 1.80. The summed E-state index contributed by atoms with van der Waals surface area (Å²) in [5.41, 5.74) is 0.832. The predicted octanol–water partition coefficient (Wildman–Crippen LogP) is 1.93. The largest absolute Gasteiger partial charge is 0.495 e. The molecule has 2 N–H and O–H groups in total. The van der Waals surface area contributed by atoms with Gasteiger partial charge in [0.2, 0.25) is 0 Å². The number of aliphatic hydroxyl groups excluding tert-OH is 1. The molecule has 0 radical (unpaired) electrons. The number of aromatic nitrogens is 1. The Morgan fingerprint density at radius 1 is 1.33 bits per heavy atom. The monoisotopic (exact) mass is 332 g/mol. The lowest BCUT2D eigenvalue weighted by Crippen LogP contribution is -2.41. The molecule has 0 aromatic carbocycles. The first-order valence-corrected chi connectivity index (χ1v) is 7.72. The van der Waals surface area contributed by atoms with Crippen molar-refractivity contribution >= 4 is 5.91 Å². The molecule has 0 saturated heterocycles. The lowest BCUT2D eigenvalue weighted by Gasteiger charge is -2.38. The standard InChI is InChI=1S/C17H20N2O5/c1-22-13-7-11(8-18-9-13)16(10-5-12(20)6-10)19-17(21)14-3-4-15(23-2)24-14/h3-4,7-10,12,16,20H,5-6H2,1-2H3,(H,19,21)/t10?,12?,16-/m0/s1. The molecule has 0 bridgehead atoms. The van der Waals surface area contributed by atoms with Gasteiger partial charge >= 0.3 is 0 Å². The molecule has 7 heteroatoms. The minimum Gasteiger partial charge on any atom is -0.495 e. The highest BCUT2D eigenvalue weighted by Crippen LogP contribution is 2.38. The average Bonchev–Trinajstić information content (AvgIpc) is 3.06. The van der Waals surface area contributed by atoms with Gasteiger partial charge in [0.1, 0.15) is 5.75 Å².